The minimum atomic E-state index is -0.521. The van der Waals surface area contributed by atoms with Crippen molar-refractivity contribution in [3.8, 4) is 5.75 Å². The fourth-order valence-corrected chi connectivity index (χ4v) is 2.05. The number of benzene rings is 1. The lowest BCUT2D eigenvalue weighted by Gasteiger charge is -2.30. The van der Waals surface area contributed by atoms with E-state index >= 15 is 0 Å². The quantitative estimate of drug-likeness (QED) is 0.776. The number of hydrogen-bond donors (Lipinski definition) is 2. The third-order valence-corrected chi connectivity index (χ3v) is 3.69. The van der Waals surface area contributed by atoms with Gasteiger partial charge in [0.05, 0.1) is 25.2 Å². The van der Waals surface area contributed by atoms with E-state index in [0.29, 0.717) is 23.6 Å². The van der Waals surface area contributed by atoms with Crippen LogP contribution in [0, 0.1) is 0 Å². The molecule has 112 valence electrons. The topological polar surface area (TPSA) is 58.6 Å². The molecule has 0 saturated carbocycles. The van der Waals surface area contributed by atoms with E-state index in [-0.39, 0.29) is 25.5 Å². The van der Waals surface area contributed by atoms with E-state index < -0.39 is 5.54 Å². The van der Waals surface area contributed by atoms with Gasteiger partial charge in [-0.15, -0.1) is 0 Å². The molecule has 0 spiro atoms. The average Bonchev–Trinajstić information content (AvgIpc) is 2.45. The third kappa shape index (κ3) is 5.02. The predicted molar refractivity (Wildman–Crippen MR) is 80.1 cm³/mol. The average molecular weight is 300 g/mol. The van der Waals surface area contributed by atoms with E-state index in [9.17, 15) is 9.90 Å². The van der Waals surface area contributed by atoms with Crippen molar-refractivity contribution in [2.75, 3.05) is 13.2 Å². The molecule has 20 heavy (non-hydrogen) atoms. The van der Waals surface area contributed by atoms with Gasteiger partial charge in [-0.25, -0.2) is 0 Å². The number of rotatable bonds is 8. The van der Waals surface area contributed by atoms with Crippen LogP contribution in [0.25, 0.3) is 0 Å². The summed E-state index contributed by atoms with van der Waals surface area (Å²) in [5.41, 5.74) is -0.521. The molecule has 0 heterocycles. The largest absolute Gasteiger partial charge is 0.493 e. The summed E-state index contributed by atoms with van der Waals surface area (Å²) in [6, 6.07) is 7.05. The Morgan fingerprint density at radius 2 is 2.10 bits per heavy atom. The van der Waals surface area contributed by atoms with Crippen molar-refractivity contribution in [3.63, 3.8) is 0 Å². The number of aliphatic hydroxyl groups excluding tert-OH is 1. The summed E-state index contributed by atoms with van der Waals surface area (Å²) in [7, 11) is 0. The van der Waals surface area contributed by atoms with E-state index in [1.54, 1.807) is 24.3 Å². The molecule has 1 aromatic rings. The Kier molecular flexibility index (Phi) is 6.82. The Balaban J connectivity index is 2.40. The van der Waals surface area contributed by atoms with Crippen LogP contribution in [0.2, 0.25) is 5.02 Å². The van der Waals surface area contributed by atoms with Gasteiger partial charge in [0.2, 0.25) is 5.91 Å². The standard InChI is InChI=1S/C15H22ClNO3/c1-3-15(4-2,11-18)17-14(19)8-9-20-13-7-5-6-12(16)10-13/h5-7,10,18H,3-4,8-9,11H2,1-2H3,(H,17,19). The summed E-state index contributed by atoms with van der Waals surface area (Å²) in [6.45, 7) is 4.12. The molecule has 0 saturated heterocycles. The van der Waals surface area contributed by atoms with Crippen LogP contribution in [0.5, 0.6) is 5.75 Å². The van der Waals surface area contributed by atoms with E-state index in [2.05, 4.69) is 5.32 Å². The van der Waals surface area contributed by atoms with E-state index in [1.165, 1.54) is 0 Å². The maximum Gasteiger partial charge on any atom is 0.223 e. The molecule has 1 rings (SSSR count). The van der Waals surface area contributed by atoms with Crippen molar-refractivity contribution in [2.24, 2.45) is 0 Å². The van der Waals surface area contributed by atoms with Crippen molar-refractivity contribution in [3.05, 3.63) is 29.3 Å². The van der Waals surface area contributed by atoms with E-state index in [1.807, 2.05) is 13.8 Å². The predicted octanol–water partition coefficient (Wildman–Crippen LogP) is 2.78. The Labute approximate surface area is 125 Å². The van der Waals surface area contributed by atoms with E-state index in [0.717, 1.165) is 0 Å². The molecule has 0 unspecified atom stereocenters. The number of carbonyl (C=O) groups is 1. The van der Waals surface area contributed by atoms with Gasteiger partial charge in [0.1, 0.15) is 5.75 Å². The molecule has 4 nitrogen and oxygen atoms in total. The van der Waals surface area contributed by atoms with Crippen LogP contribution in [0.3, 0.4) is 0 Å². The number of ether oxygens (including phenoxy) is 1. The molecule has 5 heteroatoms. The fraction of sp³-hybridized carbons (Fsp3) is 0.533. The second-order valence-electron chi connectivity index (χ2n) is 4.75. The van der Waals surface area contributed by atoms with Crippen LogP contribution in [0.1, 0.15) is 33.1 Å². The van der Waals surface area contributed by atoms with Gasteiger partial charge in [-0.2, -0.15) is 0 Å². The van der Waals surface area contributed by atoms with Crippen LogP contribution >= 0.6 is 11.6 Å². The van der Waals surface area contributed by atoms with Crippen molar-refractivity contribution in [1.82, 2.24) is 5.32 Å². The number of nitrogens with one attached hydrogen (secondary N) is 1. The molecule has 0 aliphatic rings. The van der Waals surface area contributed by atoms with Crippen molar-refractivity contribution in [1.29, 1.82) is 0 Å². The second-order valence-corrected chi connectivity index (χ2v) is 5.19. The SMILES string of the molecule is CCC(CC)(CO)NC(=O)CCOc1cccc(Cl)c1. The summed E-state index contributed by atoms with van der Waals surface area (Å²) in [6.07, 6.45) is 1.63. The van der Waals surface area contributed by atoms with Gasteiger partial charge in [-0.3, -0.25) is 4.79 Å². The third-order valence-electron chi connectivity index (χ3n) is 3.45. The summed E-state index contributed by atoms with van der Waals surface area (Å²) in [5, 5.41) is 12.9. The molecule has 0 aliphatic carbocycles. The maximum atomic E-state index is 11.9. The number of amides is 1. The van der Waals surface area contributed by atoms with Crippen molar-refractivity contribution in [2.45, 2.75) is 38.6 Å². The Hall–Kier alpha value is -1.26. The summed E-state index contributed by atoms with van der Waals surface area (Å²) in [5.74, 6) is 0.523. The highest BCUT2D eigenvalue weighted by Gasteiger charge is 2.26. The molecule has 0 aliphatic heterocycles. The highest BCUT2D eigenvalue weighted by molar-refractivity contribution is 6.30. The molecular weight excluding hydrogens is 278 g/mol. The Bertz CT molecular complexity index is 425. The first-order valence-corrected chi connectivity index (χ1v) is 7.23. The summed E-state index contributed by atoms with van der Waals surface area (Å²) < 4.78 is 5.47. The first kappa shape index (κ1) is 16.8. The molecule has 0 bridgehead atoms. The van der Waals surface area contributed by atoms with Gasteiger partial charge < -0.3 is 15.2 Å². The van der Waals surface area contributed by atoms with Crippen LogP contribution in [0.15, 0.2) is 24.3 Å². The van der Waals surface area contributed by atoms with Gasteiger partial charge in [0, 0.05) is 5.02 Å². The first-order valence-electron chi connectivity index (χ1n) is 6.85. The summed E-state index contributed by atoms with van der Waals surface area (Å²) >= 11 is 5.84. The number of halogens is 1. The lowest BCUT2D eigenvalue weighted by atomic mass is 9.94. The molecular formula is C15H22ClNO3. The second kappa shape index (κ2) is 8.12. The zero-order chi connectivity index (χ0) is 15.0. The van der Waals surface area contributed by atoms with Gasteiger partial charge in [-0.1, -0.05) is 31.5 Å². The number of aliphatic hydroxyl groups is 1. The molecule has 0 radical (unpaired) electrons. The fourth-order valence-electron chi connectivity index (χ4n) is 1.87. The normalized spacial score (nSPS) is 11.2. The first-order chi connectivity index (χ1) is 9.55. The van der Waals surface area contributed by atoms with Crippen molar-refractivity contribution >= 4 is 17.5 Å². The molecule has 0 aromatic heterocycles. The van der Waals surface area contributed by atoms with Gasteiger partial charge >= 0.3 is 0 Å². The van der Waals surface area contributed by atoms with Crippen molar-refractivity contribution < 1.29 is 14.6 Å². The Morgan fingerprint density at radius 3 is 2.65 bits per heavy atom. The molecule has 0 fully saturated rings. The number of carbonyl (C=O) groups excluding carboxylic acids is 1. The van der Waals surface area contributed by atoms with Crippen LogP contribution in [0.4, 0.5) is 0 Å². The van der Waals surface area contributed by atoms with Crippen LogP contribution in [-0.4, -0.2) is 29.8 Å². The van der Waals surface area contributed by atoms with Gasteiger partial charge in [0.15, 0.2) is 0 Å². The zero-order valence-corrected chi connectivity index (χ0v) is 12.7. The molecule has 2 N–H and O–H groups in total. The minimum Gasteiger partial charge on any atom is -0.493 e. The smallest absolute Gasteiger partial charge is 0.223 e. The lowest BCUT2D eigenvalue weighted by molar-refractivity contribution is -0.124. The Morgan fingerprint density at radius 1 is 1.40 bits per heavy atom. The van der Waals surface area contributed by atoms with Crippen LogP contribution in [-0.2, 0) is 4.79 Å². The lowest BCUT2D eigenvalue weighted by Crippen LogP contribution is -2.50. The highest BCUT2D eigenvalue weighted by atomic mass is 35.5. The van der Waals surface area contributed by atoms with Gasteiger partial charge in [0.25, 0.3) is 0 Å². The molecule has 0 atom stereocenters. The van der Waals surface area contributed by atoms with Gasteiger partial charge in [-0.05, 0) is 31.0 Å². The molecule has 1 aromatic carbocycles. The molecule has 1 amide bonds. The van der Waals surface area contributed by atoms with Crippen LogP contribution < -0.4 is 10.1 Å². The summed E-state index contributed by atoms with van der Waals surface area (Å²) in [4.78, 5) is 11.9. The highest BCUT2D eigenvalue weighted by Crippen LogP contribution is 2.17. The monoisotopic (exact) mass is 299 g/mol. The number of hydrogen-bond acceptors (Lipinski definition) is 3. The van der Waals surface area contributed by atoms with E-state index in [4.69, 9.17) is 16.3 Å². The zero-order valence-electron chi connectivity index (χ0n) is 12.0. The maximum absolute atomic E-state index is 11.9. The minimum absolute atomic E-state index is 0.0547.